The van der Waals surface area contributed by atoms with E-state index in [2.05, 4.69) is 12.2 Å². The van der Waals surface area contributed by atoms with Gasteiger partial charge in [-0.05, 0) is 18.6 Å². The van der Waals surface area contributed by atoms with Crippen LogP contribution in [-0.2, 0) is 0 Å². The summed E-state index contributed by atoms with van der Waals surface area (Å²) in [5.74, 6) is 0.0776. The summed E-state index contributed by atoms with van der Waals surface area (Å²) in [7, 11) is 0. The molecule has 0 saturated heterocycles. The molecule has 0 atom stereocenters. The summed E-state index contributed by atoms with van der Waals surface area (Å²) in [5.41, 5.74) is 2.50. The molecule has 1 N–H and O–H groups in total. The molecule has 0 bridgehead atoms. The largest absolute Gasteiger partial charge is 0.385 e. The molecule has 2 rings (SSSR count). The number of anilines is 1. The van der Waals surface area contributed by atoms with Gasteiger partial charge < -0.3 is 5.32 Å². The Kier molecular flexibility index (Phi) is 7.38. The molecule has 0 heterocycles. The SMILES string of the molecule is CCCCCCCCNc1cccc(C(=O)c2ccccc2)c1. The maximum Gasteiger partial charge on any atom is 0.193 e. The van der Waals surface area contributed by atoms with E-state index in [0.29, 0.717) is 0 Å². The van der Waals surface area contributed by atoms with E-state index in [1.807, 2.05) is 54.6 Å². The summed E-state index contributed by atoms with van der Waals surface area (Å²) >= 11 is 0. The summed E-state index contributed by atoms with van der Waals surface area (Å²) < 4.78 is 0. The van der Waals surface area contributed by atoms with Crippen LogP contribution in [0.2, 0.25) is 0 Å². The van der Waals surface area contributed by atoms with Crippen molar-refractivity contribution in [1.82, 2.24) is 0 Å². The fourth-order valence-corrected chi connectivity index (χ4v) is 2.66. The topological polar surface area (TPSA) is 29.1 Å². The molecule has 0 aliphatic carbocycles. The van der Waals surface area contributed by atoms with Gasteiger partial charge >= 0.3 is 0 Å². The van der Waals surface area contributed by atoms with Crippen molar-refractivity contribution in [3.05, 3.63) is 65.7 Å². The van der Waals surface area contributed by atoms with Crippen molar-refractivity contribution in [2.45, 2.75) is 45.4 Å². The standard InChI is InChI=1S/C21H27NO/c1-2-3-4-5-6-10-16-22-20-15-11-14-19(17-20)21(23)18-12-8-7-9-13-18/h7-9,11-15,17,22H,2-6,10,16H2,1H3. The van der Waals surface area contributed by atoms with Crippen LogP contribution in [0.15, 0.2) is 54.6 Å². The lowest BCUT2D eigenvalue weighted by Gasteiger charge is -2.08. The third-order valence-corrected chi connectivity index (χ3v) is 4.02. The quantitative estimate of drug-likeness (QED) is 0.451. The van der Waals surface area contributed by atoms with E-state index in [-0.39, 0.29) is 5.78 Å². The second-order valence-corrected chi connectivity index (χ2v) is 5.97. The van der Waals surface area contributed by atoms with Crippen molar-refractivity contribution >= 4 is 11.5 Å². The van der Waals surface area contributed by atoms with Crippen molar-refractivity contribution in [3.63, 3.8) is 0 Å². The van der Waals surface area contributed by atoms with Crippen molar-refractivity contribution in [2.75, 3.05) is 11.9 Å². The Bertz CT molecular complexity index is 592. The van der Waals surface area contributed by atoms with Gasteiger partial charge in [-0.2, -0.15) is 0 Å². The summed E-state index contributed by atoms with van der Waals surface area (Å²) in [6, 6.07) is 17.2. The Morgan fingerprint density at radius 2 is 1.52 bits per heavy atom. The van der Waals surface area contributed by atoms with E-state index in [1.54, 1.807) is 0 Å². The van der Waals surface area contributed by atoms with Crippen LogP contribution in [-0.4, -0.2) is 12.3 Å². The Morgan fingerprint density at radius 3 is 2.30 bits per heavy atom. The molecule has 2 heteroatoms. The molecule has 0 aliphatic heterocycles. The van der Waals surface area contributed by atoms with Crippen LogP contribution < -0.4 is 5.32 Å². The molecule has 0 saturated carbocycles. The van der Waals surface area contributed by atoms with Crippen LogP contribution in [0, 0.1) is 0 Å². The molecule has 0 unspecified atom stereocenters. The Labute approximate surface area is 139 Å². The molecule has 0 radical (unpaired) electrons. The second-order valence-electron chi connectivity index (χ2n) is 5.97. The highest BCUT2D eigenvalue weighted by atomic mass is 16.1. The van der Waals surface area contributed by atoms with Gasteiger partial charge in [-0.1, -0.05) is 81.5 Å². The fraction of sp³-hybridized carbons (Fsp3) is 0.381. The molecule has 0 spiro atoms. The lowest BCUT2D eigenvalue weighted by Crippen LogP contribution is -2.04. The van der Waals surface area contributed by atoms with Gasteiger partial charge in [-0.25, -0.2) is 0 Å². The molecular formula is C21H27NO. The van der Waals surface area contributed by atoms with E-state index >= 15 is 0 Å². The molecule has 122 valence electrons. The van der Waals surface area contributed by atoms with Crippen molar-refractivity contribution < 1.29 is 4.79 Å². The number of rotatable bonds is 10. The van der Waals surface area contributed by atoms with Crippen LogP contribution in [0.4, 0.5) is 5.69 Å². The molecular weight excluding hydrogens is 282 g/mol. The lowest BCUT2D eigenvalue weighted by atomic mass is 10.0. The molecule has 23 heavy (non-hydrogen) atoms. The normalized spacial score (nSPS) is 10.5. The van der Waals surface area contributed by atoms with E-state index in [1.165, 1.54) is 38.5 Å². The average molecular weight is 309 g/mol. The molecule has 2 nitrogen and oxygen atoms in total. The predicted octanol–water partition coefficient (Wildman–Crippen LogP) is 5.69. The summed E-state index contributed by atoms with van der Waals surface area (Å²) in [6.07, 6.45) is 7.76. The fourth-order valence-electron chi connectivity index (χ4n) is 2.66. The maximum atomic E-state index is 12.4. The van der Waals surface area contributed by atoms with E-state index < -0.39 is 0 Å². The van der Waals surface area contributed by atoms with Crippen molar-refractivity contribution in [2.24, 2.45) is 0 Å². The van der Waals surface area contributed by atoms with Gasteiger partial charge in [0.05, 0.1) is 0 Å². The maximum absolute atomic E-state index is 12.4. The lowest BCUT2D eigenvalue weighted by molar-refractivity contribution is 0.103. The van der Waals surface area contributed by atoms with Crippen molar-refractivity contribution in [1.29, 1.82) is 0 Å². The second kappa shape index (κ2) is 9.83. The monoisotopic (exact) mass is 309 g/mol. The first-order valence-electron chi connectivity index (χ1n) is 8.75. The zero-order valence-electron chi connectivity index (χ0n) is 14.1. The van der Waals surface area contributed by atoms with Crippen LogP contribution >= 0.6 is 0 Å². The van der Waals surface area contributed by atoms with Gasteiger partial charge in [-0.3, -0.25) is 4.79 Å². The van der Waals surface area contributed by atoms with Gasteiger partial charge in [0, 0.05) is 23.4 Å². The third kappa shape index (κ3) is 5.90. The minimum Gasteiger partial charge on any atom is -0.385 e. The van der Waals surface area contributed by atoms with Gasteiger partial charge in [0.15, 0.2) is 5.78 Å². The van der Waals surface area contributed by atoms with Crippen molar-refractivity contribution in [3.8, 4) is 0 Å². The van der Waals surface area contributed by atoms with Gasteiger partial charge in [-0.15, -0.1) is 0 Å². The summed E-state index contributed by atoms with van der Waals surface area (Å²) in [6.45, 7) is 3.21. The zero-order valence-corrected chi connectivity index (χ0v) is 14.1. The van der Waals surface area contributed by atoms with Crippen LogP contribution in [0.25, 0.3) is 0 Å². The van der Waals surface area contributed by atoms with Gasteiger partial charge in [0.2, 0.25) is 0 Å². The number of nitrogens with one attached hydrogen (secondary N) is 1. The number of ketones is 1. The number of benzene rings is 2. The minimum absolute atomic E-state index is 0.0776. The smallest absolute Gasteiger partial charge is 0.193 e. The van der Waals surface area contributed by atoms with E-state index in [4.69, 9.17) is 0 Å². The molecule has 0 fully saturated rings. The Balaban J connectivity index is 1.82. The highest BCUT2D eigenvalue weighted by molar-refractivity contribution is 6.09. The van der Waals surface area contributed by atoms with Gasteiger partial charge in [0.1, 0.15) is 0 Å². The summed E-state index contributed by atoms with van der Waals surface area (Å²) in [4.78, 5) is 12.4. The minimum atomic E-state index is 0.0776. The molecule has 2 aromatic rings. The zero-order chi connectivity index (χ0) is 16.3. The molecule has 2 aromatic carbocycles. The first kappa shape index (κ1) is 17.3. The van der Waals surface area contributed by atoms with E-state index in [9.17, 15) is 4.79 Å². The highest BCUT2D eigenvalue weighted by Crippen LogP contribution is 2.15. The van der Waals surface area contributed by atoms with Crippen LogP contribution in [0.5, 0.6) is 0 Å². The average Bonchev–Trinajstić information content (AvgIpc) is 2.61. The molecule has 0 aliphatic rings. The molecule has 0 aromatic heterocycles. The number of hydrogen-bond donors (Lipinski definition) is 1. The number of carbonyl (C=O) groups is 1. The first-order valence-corrected chi connectivity index (χ1v) is 8.75. The molecule has 0 amide bonds. The van der Waals surface area contributed by atoms with Gasteiger partial charge in [0.25, 0.3) is 0 Å². The Morgan fingerprint density at radius 1 is 0.826 bits per heavy atom. The first-order chi connectivity index (χ1) is 11.3. The van der Waals surface area contributed by atoms with Crippen LogP contribution in [0.1, 0.15) is 61.4 Å². The number of unbranched alkanes of at least 4 members (excludes halogenated alkanes) is 5. The highest BCUT2D eigenvalue weighted by Gasteiger charge is 2.08. The number of hydrogen-bond acceptors (Lipinski definition) is 2. The number of carbonyl (C=O) groups excluding carboxylic acids is 1. The predicted molar refractivity (Wildman–Crippen MR) is 98.2 cm³/mol. The van der Waals surface area contributed by atoms with E-state index in [0.717, 1.165) is 23.4 Å². The van der Waals surface area contributed by atoms with Crippen LogP contribution in [0.3, 0.4) is 0 Å². The third-order valence-electron chi connectivity index (χ3n) is 4.02. The summed E-state index contributed by atoms with van der Waals surface area (Å²) in [5, 5.41) is 3.43. The Hall–Kier alpha value is -2.09.